The van der Waals surface area contributed by atoms with Gasteiger partial charge in [0.2, 0.25) is 0 Å². The molecule has 0 spiro atoms. The molecule has 0 aromatic heterocycles. The summed E-state index contributed by atoms with van der Waals surface area (Å²) in [6.45, 7) is 4.03. The lowest BCUT2D eigenvalue weighted by atomic mass is 10.1. The van der Waals surface area contributed by atoms with Crippen LogP contribution < -0.4 is 4.89 Å². The number of hydrogen-bond donors (Lipinski definition) is 0. The number of nitrogens with zero attached hydrogens (tertiary/aromatic N) is 1. The molecule has 0 saturated heterocycles. The van der Waals surface area contributed by atoms with E-state index in [1.165, 1.54) is 25.7 Å². The third-order valence-electron chi connectivity index (χ3n) is 12.7. The van der Waals surface area contributed by atoms with Gasteiger partial charge in [-0.1, -0.05) is 242 Å². The van der Waals surface area contributed by atoms with Gasteiger partial charge in [0.05, 0.1) is 27.7 Å². The molecule has 0 N–H and O–H groups in total. The van der Waals surface area contributed by atoms with Gasteiger partial charge in [0.1, 0.15) is 19.8 Å². The molecule has 0 aliphatic heterocycles. The molecule has 82 heavy (non-hydrogen) atoms. The van der Waals surface area contributed by atoms with E-state index in [4.69, 9.17) is 18.5 Å². The van der Waals surface area contributed by atoms with E-state index in [1.807, 2.05) is 21.1 Å². The largest absolute Gasteiger partial charge is 0.756 e. The summed E-state index contributed by atoms with van der Waals surface area (Å²) in [5, 5.41) is 0. The fourth-order valence-corrected chi connectivity index (χ4v) is 8.57. The Labute approximate surface area is 502 Å². The normalized spacial score (nSPS) is 14.4. The number of phosphoric ester groups is 1. The molecule has 0 heterocycles. The Hall–Kier alpha value is -4.63. The van der Waals surface area contributed by atoms with Crippen molar-refractivity contribution in [2.75, 3.05) is 47.5 Å². The summed E-state index contributed by atoms with van der Waals surface area (Å²) in [7, 11) is 1.12. The first-order valence-corrected chi connectivity index (χ1v) is 33.3. The van der Waals surface area contributed by atoms with Gasteiger partial charge in [-0.15, -0.1) is 0 Å². The zero-order valence-corrected chi connectivity index (χ0v) is 53.3. The van der Waals surface area contributed by atoms with Crippen LogP contribution in [0.15, 0.2) is 170 Å². The van der Waals surface area contributed by atoms with Crippen LogP contribution in [-0.4, -0.2) is 70.0 Å². The summed E-state index contributed by atoms with van der Waals surface area (Å²) in [5.74, 6) is -0.884. The number of allylic oxidation sites excluding steroid dienone is 28. The van der Waals surface area contributed by atoms with Crippen molar-refractivity contribution in [1.82, 2.24) is 0 Å². The second-order valence-corrected chi connectivity index (χ2v) is 23.1. The lowest BCUT2D eigenvalue weighted by Gasteiger charge is -2.28. The Balaban J connectivity index is 4.22. The molecule has 0 saturated carbocycles. The van der Waals surface area contributed by atoms with E-state index < -0.39 is 32.5 Å². The molecular weight excluding hydrogens is 1040 g/mol. The van der Waals surface area contributed by atoms with Crippen LogP contribution in [0.25, 0.3) is 0 Å². The predicted molar refractivity (Wildman–Crippen MR) is 350 cm³/mol. The van der Waals surface area contributed by atoms with Crippen molar-refractivity contribution in [2.45, 2.75) is 225 Å². The molecule has 0 aromatic rings. The Bertz CT molecular complexity index is 1990. The van der Waals surface area contributed by atoms with Gasteiger partial charge >= 0.3 is 11.9 Å². The van der Waals surface area contributed by atoms with E-state index in [0.29, 0.717) is 23.9 Å². The van der Waals surface area contributed by atoms with E-state index in [-0.39, 0.29) is 26.1 Å². The maximum atomic E-state index is 12.8. The van der Waals surface area contributed by atoms with Gasteiger partial charge in [0.25, 0.3) is 7.82 Å². The number of esters is 2. The molecule has 0 aromatic carbocycles. The predicted octanol–water partition coefficient (Wildman–Crippen LogP) is 20.0. The van der Waals surface area contributed by atoms with Gasteiger partial charge in [-0.05, 0) is 135 Å². The number of carbonyl (C=O) groups is 2. The number of ether oxygens (including phenoxy) is 2. The number of rotatable bonds is 56. The maximum absolute atomic E-state index is 12.8. The number of quaternary nitrogens is 1. The molecule has 9 nitrogen and oxygen atoms in total. The Morgan fingerprint density at radius 2 is 0.695 bits per heavy atom. The number of carbonyl (C=O) groups excluding carboxylic acids is 2. The van der Waals surface area contributed by atoms with E-state index in [1.54, 1.807) is 0 Å². The maximum Gasteiger partial charge on any atom is 0.306 e. The second kappa shape index (κ2) is 60.9. The quantitative estimate of drug-likeness (QED) is 0.0195. The third-order valence-corrected chi connectivity index (χ3v) is 13.7. The fourth-order valence-electron chi connectivity index (χ4n) is 7.84. The van der Waals surface area contributed by atoms with E-state index in [2.05, 4.69) is 184 Å². The van der Waals surface area contributed by atoms with Gasteiger partial charge in [0, 0.05) is 12.8 Å². The van der Waals surface area contributed by atoms with Crippen molar-refractivity contribution in [3.05, 3.63) is 170 Å². The van der Waals surface area contributed by atoms with Gasteiger partial charge in [0.15, 0.2) is 6.10 Å². The van der Waals surface area contributed by atoms with Gasteiger partial charge < -0.3 is 27.9 Å². The molecule has 0 aliphatic carbocycles. The molecular formula is C72H116NO8P. The number of unbranched alkanes of at least 4 members (excludes halogenated alkanes) is 14. The zero-order valence-electron chi connectivity index (χ0n) is 52.4. The summed E-state index contributed by atoms with van der Waals surface area (Å²) in [4.78, 5) is 37.9. The summed E-state index contributed by atoms with van der Waals surface area (Å²) >= 11 is 0. The fraction of sp³-hybridized carbons (Fsp3) is 0.583. The molecule has 0 fully saturated rings. The van der Waals surface area contributed by atoms with Crippen molar-refractivity contribution in [2.24, 2.45) is 0 Å². The molecule has 0 aliphatic rings. The Morgan fingerprint density at radius 1 is 0.390 bits per heavy atom. The smallest absolute Gasteiger partial charge is 0.306 e. The average Bonchev–Trinajstić information content (AvgIpc) is 3.46. The van der Waals surface area contributed by atoms with Crippen LogP contribution >= 0.6 is 7.82 Å². The van der Waals surface area contributed by atoms with Crippen molar-refractivity contribution >= 4 is 19.8 Å². The van der Waals surface area contributed by atoms with Gasteiger partial charge in [-0.3, -0.25) is 14.2 Å². The average molecular weight is 1150 g/mol. The molecule has 0 rings (SSSR count). The monoisotopic (exact) mass is 1150 g/mol. The van der Waals surface area contributed by atoms with Crippen LogP contribution in [0.5, 0.6) is 0 Å². The van der Waals surface area contributed by atoms with Crippen molar-refractivity contribution in [3.8, 4) is 0 Å². The van der Waals surface area contributed by atoms with Gasteiger partial charge in [-0.2, -0.15) is 0 Å². The highest BCUT2D eigenvalue weighted by Crippen LogP contribution is 2.38. The summed E-state index contributed by atoms with van der Waals surface area (Å²) in [6, 6.07) is 0. The van der Waals surface area contributed by atoms with Crippen LogP contribution in [0.4, 0.5) is 0 Å². The molecule has 0 radical (unpaired) electrons. The van der Waals surface area contributed by atoms with Crippen LogP contribution in [0.1, 0.15) is 219 Å². The first kappa shape index (κ1) is 77.4. The minimum Gasteiger partial charge on any atom is -0.756 e. The molecule has 10 heteroatoms. The van der Waals surface area contributed by atoms with Crippen molar-refractivity contribution in [3.63, 3.8) is 0 Å². The minimum absolute atomic E-state index is 0.0468. The minimum atomic E-state index is -4.66. The second-order valence-electron chi connectivity index (χ2n) is 21.7. The number of likely N-dealkylation sites (N-methyl/N-ethyl adjacent to an activating group) is 1. The van der Waals surface area contributed by atoms with Crippen LogP contribution in [-0.2, 0) is 32.7 Å². The first-order valence-electron chi connectivity index (χ1n) is 31.8. The highest BCUT2D eigenvalue weighted by molar-refractivity contribution is 7.45. The molecule has 462 valence electrons. The lowest BCUT2D eigenvalue weighted by molar-refractivity contribution is -0.870. The van der Waals surface area contributed by atoms with E-state index in [0.717, 1.165) is 154 Å². The summed E-state index contributed by atoms with van der Waals surface area (Å²) in [6.07, 6.45) is 92.6. The number of hydrogen-bond acceptors (Lipinski definition) is 8. The van der Waals surface area contributed by atoms with E-state index in [9.17, 15) is 19.0 Å². The van der Waals surface area contributed by atoms with Crippen LogP contribution in [0.2, 0.25) is 0 Å². The zero-order chi connectivity index (χ0) is 59.8. The van der Waals surface area contributed by atoms with Crippen molar-refractivity contribution < 1.29 is 42.1 Å². The topological polar surface area (TPSA) is 111 Å². The Morgan fingerprint density at radius 3 is 1.04 bits per heavy atom. The SMILES string of the molecule is CC/C=C\C/C=C\C/C=C\C/C=C\C/C=C\C/C=C\C/C=C\C/C=C\C/C=C\C/C=C\C/C=C\CCCCCCCC(=O)OC(COC(=O)CCCCCCCC/C=C\C/C=C\C/C=C\CCCCC)COP(=O)([O-])OCC[N+](C)(C)C. The lowest BCUT2D eigenvalue weighted by Crippen LogP contribution is -2.37. The van der Waals surface area contributed by atoms with Crippen LogP contribution in [0, 0.1) is 0 Å². The summed E-state index contributed by atoms with van der Waals surface area (Å²) in [5.41, 5.74) is 0. The molecule has 2 unspecified atom stereocenters. The summed E-state index contributed by atoms with van der Waals surface area (Å²) < 4.78 is 34.1. The van der Waals surface area contributed by atoms with E-state index >= 15 is 0 Å². The number of phosphoric acid groups is 1. The highest BCUT2D eigenvalue weighted by atomic mass is 31.2. The van der Waals surface area contributed by atoms with Crippen LogP contribution in [0.3, 0.4) is 0 Å². The molecule has 2 atom stereocenters. The van der Waals surface area contributed by atoms with Gasteiger partial charge in [-0.25, -0.2) is 0 Å². The Kier molecular flexibility index (Phi) is 57.5. The van der Waals surface area contributed by atoms with Crippen molar-refractivity contribution in [1.29, 1.82) is 0 Å². The molecule has 0 bridgehead atoms. The third kappa shape index (κ3) is 64.5. The standard InChI is InChI=1S/C72H116NO8P/c1-6-8-10-12-14-16-18-20-22-24-26-27-28-29-30-31-32-33-34-35-36-37-38-39-40-41-42-43-44-45-47-49-51-53-55-57-59-61-63-65-72(75)81-70(69-80-82(76,77)79-67-66-73(3,4)5)68-78-71(74)64-62-60-58-56-54-52-50-48-46-25-23-21-19-17-15-13-11-9-7-2/h8,10,14-17,20-23,26-27,29-30,32-33,35-36,38-39,41-42,44-46,48-49,51,70H,6-7,9,11-13,18-19,24-25,28,31,34,37,40,43,47,50,52-69H2,1-5H3/b10-8-,16-14-,17-15-,22-20-,23-21-,27-26-,30-29-,33-32-,36-35-,39-38-,42-41-,45-44-,48-46-,51-49-. The molecule has 0 amide bonds. The first-order chi connectivity index (χ1) is 40.0. The highest BCUT2D eigenvalue weighted by Gasteiger charge is 2.22.